The number of rotatable bonds is 3. The van der Waals surface area contributed by atoms with E-state index in [1.807, 2.05) is 60.8 Å². The Morgan fingerprint density at radius 2 is 1.92 bits per heavy atom. The summed E-state index contributed by atoms with van der Waals surface area (Å²) in [5.41, 5.74) is 3.45. The van der Waals surface area contributed by atoms with Crippen LogP contribution in [-0.4, -0.2) is 27.0 Å². The molecule has 1 heterocycles. The Balaban J connectivity index is 1.53. The van der Waals surface area contributed by atoms with E-state index in [4.69, 9.17) is 0 Å². The second-order valence-corrected chi connectivity index (χ2v) is 6.01. The molecular weight excluding hydrogens is 316 g/mol. The first-order valence-electron chi connectivity index (χ1n) is 8.15. The second-order valence-electron chi connectivity index (χ2n) is 6.01. The van der Waals surface area contributed by atoms with Crippen molar-refractivity contribution in [2.45, 2.75) is 18.6 Å². The number of aromatic nitrogens is 2. The Kier molecular flexibility index (Phi) is 3.95. The first-order valence-corrected chi connectivity index (χ1v) is 8.15. The van der Waals surface area contributed by atoms with Crippen LogP contribution < -0.4 is 10.6 Å². The van der Waals surface area contributed by atoms with Gasteiger partial charge in [0.05, 0.1) is 23.5 Å². The van der Waals surface area contributed by atoms with Crippen LogP contribution in [0.4, 0.5) is 10.5 Å². The molecule has 0 saturated heterocycles. The van der Waals surface area contributed by atoms with Gasteiger partial charge in [-0.3, -0.25) is 0 Å². The summed E-state index contributed by atoms with van der Waals surface area (Å²) in [6.07, 6.45) is 3.42. The molecule has 1 aromatic heterocycles. The molecule has 1 aliphatic rings. The van der Waals surface area contributed by atoms with Crippen LogP contribution >= 0.6 is 0 Å². The molecule has 6 nitrogen and oxygen atoms in total. The molecule has 0 radical (unpaired) electrons. The van der Waals surface area contributed by atoms with E-state index in [0.717, 1.165) is 16.8 Å². The summed E-state index contributed by atoms with van der Waals surface area (Å²) < 4.78 is 1.69. The zero-order valence-corrected chi connectivity index (χ0v) is 13.5. The molecule has 4 rings (SSSR count). The van der Waals surface area contributed by atoms with Crippen molar-refractivity contribution < 1.29 is 9.90 Å². The van der Waals surface area contributed by atoms with Crippen LogP contribution in [0.1, 0.15) is 17.2 Å². The lowest BCUT2D eigenvalue weighted by molar-refractivity contribution is 0.144. The zero-order chi connectivity index (χ0) is 17.2. The van der Waals surface area contributed by atoms with Gasteiger partial charge >= 0.3 is 6.03 Å². The molecule has 25 heavy (non-hydrogen) atoms. The number of fused-ring (bicyclic) bond motifs is 1. The van der Waals surface area contributed by atoms with E-state index in [-0.39, 0.29) is 6.03 Å². The van der Waals surface area contributed by atoms with Crippen molar-refractivity contribution in [2.75, 3.05) is 5.32 Å². The third-order valence-electron chi connectivity index (χ3n) is 4.39. The minimum absolute atomic E-state index is 0.361. The Hall–Kier alpha value is -3.12. The Morgan fingerprint density at radius 3 is 2.76 bits per heavy atom. The third-order valence-corrected chi connectivity index (χ3v) is 4.39. The Bertz CT molecular complexity index is 892. The quantitative estimate of drug-likeness (QED) is 0.689. The third kappa shape index (κ3) is 2.99. The fourth-order valence-corrected chi connectivity index (χ4v) is 3.24. The number of urea groups is 1. The number of benzene rings is 2. The highest BCUT2D eigenvalue weighted by Crippen LogP contribution is 2.31. The van der Waals surface area contributed by atoms with Crippen LogP contribution in [0.2, 0.25) is 0 Å². The molecule has 0 saturated carbocycles. The lowest BCUT2D eigenvalue weighted by Crippen LogP contribution is -2.37. The zero-order valence-electron chi connectivity index (χ0n) is 13.5. The number of nitrogens with zero attached hydrogens (tertiary/aromatic N) is 2. The summed E-state index contributed by atoms with van der Waals surface area (Å²) in [5.74, 6) is 0. The van der Waals surface area contributed by atoms with Crippen LogP contribution in [0.3, 0.4) is 0 Å². The van der Waals surface area contributed by atoms with E-state index in [1.54, 1.807) is 10.9 Å². The average molecular weight is 334 g/mol. The standard InChI is InChI=1S/C19H18N4O2/c24-17-12-13-6-1-2-7-14(13)18(17)22-19(25)21-15-8-3-4-9-16(15)23-11-5-10-20-23/h1-11,17-18,24H,12H2,(H2,21,22,25)/t17-,18+/m0/s1. The van der Waals surface area contributed by atoms with Gasteiger partial charge in [-0.25, -0.2) is 9.48 Å². The van der Waals surface area contributed by atoms with Crippen molar-refractivity contribution in [3.63, 3.8) is 0 Å². The summed E-state index contributed by atoms with van der Waals surface area (Å²) in [7, 11) is 0. The number of carbonyl (C=O) groups excluding carboxylic acids is 1. The SMILES string of the molecule is O=C(Nc1ccccc1-n1cccn1)N[C@@H]1c2ccccc2C[C@@H]1O. The monoisotopic (exact) mass is 334 g/mol. The second kappa shape index (κ2) is 6.41. The summed E-state index contributed by atoms with van der Waals surface area (Å²) in [4.78, 5) is 12.5. The number of hydrogen-bond donors (Lipinski definition) is 3. The van der Waals surface area contributed by atoms with Gasteiger partial charge in [-0.2, -0.15) is 5.10 Å². The Labute approximate surface area is 145 Å². The van der Waals surface area contributed by atoms with Crippen molar-refractivity contribution in [1.29, 1.82) is 0 Å². The molecule has 2 aromatic carbocycles. The minimum atomic E-state index is -0.621. The van der Waals surface area contributed by atoms with Gasteiger partial charge in [-0.15, -0.1) is 0 Å². The van der Waals surface area contributed by atoms with Crippen LogP contribution in [0.25, 0.3) is 5.69 Å². The summed E-state index contributed by atoms with van der Waals surface area (Å²) in [6, 6.07) is 16.2. The molecule has 3 aromatic rings. The Morgan fingerprint density at radius 1 is 1.12 bits per heavy atom. The highest BCUT2D eigenvalue weighted by Gasteiger charge is 2.31. The number of anilines is 1. The van der Waals surface area contributed by atoms with E-state index in [2.05, 4.69) is 15.7 Å². The lowest BCUT2D eigenvalue weighted by Gasteiger charge is -2.19. The number of nitrogens with one attached hydrogen (secondary N) is 2. The van der Waals surface area contributed by atoms with Gasteiger partial charge < -0.3 is 15.7 Å². The summed E-state index contributed by atoms with van der Waals surface area (Å²) >= 11 is 0. The summed E-state index contributed by atoms with van der Waals surface area (Å²) in [6.45, 7) is 0. The van der Waals surface area contributed by atoms with Crippen molar-refractivity contribution >= 4 is 11.7 Å². The maximum Gasteiger partial charge on any atom is 0.319 e. The van der Waals surface area contributed by atoms with E-state index < -0.39 is 12.1 Å². The maximum absolute atomic E-state index is 12.5. The molecule has 2 amide bonds. The normalized spacial score (nSPS) is 18.6. The molecule has 2 atom stereocenters. The van der Waals surface area contributed by atoms with E-state index in [9.17, 15) is 9.90 Å². The largest absolute Gasteiger partial charge is 0.390 e. The van der Waals surface area contributed by atoms with E-state index in [0.29, 0.717) is 12.1 Å². The fourth-order valence-electron chi connectivity index (χ4n) is 3.24. The van der Waals surface area contributed by atoms with Crippen LogP contribution in [0.15, 0.2) is 67.0 Å². The minimum Gasteiger partial charge on any atom is -0.390 e. The molecule has 126 valence electrons. The molecule has 3 N–H and O–H groups in total. The predicted octanol–water partition coefficient (Wildman–Crippen LogP) is 2.65. The number of hydrogen-bond acceptors (Lipinski definition) is 3. The smallest absolute Gasteiger partial charge is 0.319 e. The molecule has 0 aliphatic heterocycles. The van der Waals surface area contributed by atoms with Gasteiger partial charge in [-0.05, 0) is 29.3 Å². The number of aliphatic hydroxyl groups is 1. The maximum atomic E-state index is 12.5. The molecule has 0 bridgehead atoms. The first kappa shape index (κ1) is 15.4. The average Bonchev–Trinajstić information content (AvgIpc) is 3.24. The van der Waals surface area contributed by atoms with Gasteiger partial charge in [0.1, 0.15) is 0 Å². The van der Waals surface area contributed by atoms with Gasteiger partial charge in [0.2, 0.25) is 0 Å². The van der Waals surface area contributed by atoms with Crippen molar-refractivity contribution in [1.82, 2.24) is 15.1 Å². The number of aliphatic hydroxyl groups excluding tert-OH is 1. The topological polar surface area (TPSA) is 79.2 Å². The highest BCUT2D eigenvalue weighted by molar-refractivity contribution is 5.91. The van der Waals surface area contributed by atoms with Crippen LogP contribution in [0, 0.1) is 0 Å². The van der Waals surface area contributed by atoms with Crippen molar-refractivity contribution in [3.05, 3.63) is 78.1 Å². The molecule has 6 heteroatoms. The van der Waals surface area contributed by atoms with Crippen LogP contribution in [0.5, 0.6) is 0 Å². The van der Waals surface area contributed by atoms with Gasteiger partial charge in [0.25, 0.3) is 0 Å². The predicted molar refractivity (Wildman–Crippen MR) is 94.6 cm³/mol. The van der Waals surface area contributed by atoms with Gasteiger partial charge in [0.15, 0.2) is 0 Å². The van der Waals surface area contributed by atoms with E-state index >= 15 is 0 Å². The van der Waals surface area contributed by atoms with Crippen molar-refractivity contribution in [3.8, 4) is 5.69 Å². The molecular formula is C19H18N4O2. The van der Waals surface area contributed by atoms with Gasteiger partial charge in [-0.1, -0.05) is 36.4 Å². The van der Waals surface area contributed by atoms with Crippen molar-refractivity contribution in [2.24, 2.45) is 0 Å². The molecule has 0 spiro atoms. The van der Waals surface area contributed by atoms with Gasteiger partial charge in [0, 0.05) is 18.8 Å². The summed E-state index contributed by atoms with van der Waals surface area (Å²) in [5, 5.41) is 20.2. The first-order chi connectivity index (χ1) is 12.2. The highest BCUT2D eigenvalue weighted by atomic mass is 16.3. The van der Waals surface area contributed by atoms with Crippen LogP contribution in [-0.2, 0) is 6.42 Å². The number of amides is 2. The molecule has 0 unspecified atom stereocenters. The number of carbonyl (C=O) groups is 1. The molecule has 0 fully saturated rings. The number of para-hydroxylation sites is 2. The molecule has 1 aliphatic carbocycles. The fraction of sp³-hybridized carbons (Fsp3) is 0.158. The lowest BCUT2D eigenvalue weighted by atomic mass is 10.1. The van der Waals surface area contributed by atoms with E-state index in [1.165, 1.54) is 0 Å².